The van der Waals surface area contributed by atoms with Gasteiger partial charge in [-0.15, -0.1) is 41.2 Å². The zero-order valence-electron chi connectivity index (χ0n) is 14.6. The van der Waals surface area contributed by atoms with E-state index in [1.54, 1.807) is 23.3 Å². The van der Waals surface area contributed by atoms with Crippen LogP contribution >= 0.6 is 36.2 Å². The van der Waals surface area contributed by atoms with Gasteiger partial charge in [-0.2, -0.15) is 0 Å². The lowest BCUT2D eigenvalue weighted by Gasteiger charge is -2.23. The summed E-state index contributed by atoms with van der Waals surface area (Å²) in [5.74, 6) is -0.0891. The van der Waals surface area contributed by atoms with Crippen molar-refractivity contribution in [1.82, 2.24) is 30.2 Å². The molecule has 10 heteroatoms. The summed E-state index contributed by atoms with van der Waals surface area (Å²) >= 11 is 1.61. The first-order valence-corrected chi connectivity index (χ1v) is 8.67. The molecule has 0 spiro atoms. The van der Waals surface area contributed by atoms with E-state index in [9.17, 15) is 4.79 Å². The maximum Gasteiger partial charge on any atom is 0.276 e. The molecule has 0 aromatic carbocycles. The lowest BCUT2D eigenvalue weighted by atomic mass is 10.1. The van der Waals surface area contributed by atoms with Crippen molar-refractivity contribution in [1.29, 1.82) is 0 Å². The van der Waals surface area contributed by atoms with Crippen LogP contribution in [0, 0.1) is 13.8 Å². The molecule has 140 valence electrons. The first-order chi connectivity index (χ1) is 11.1. The second-order valence-electron chi connectivity index (χ2n) is 5.96. The number of amides is 1. The van der Waals surface area contributed by atoms with Crippen LogP contribution in [0.1, 0.15) is 45.0 Å². The molecular weight excluding hydrogens is 383 g/mol. The van der Waals surface area contributed by atoms with E-state index in [4.69, 9.17) is 0 Å². The summed E-state index contributed by atoms with van der Waals surface area (Å²) in [4.78, 5) is 19.6. The molecule has 3 rings (SSSR count). The Morgan fingerprint density at radius 2 is 2.04 bits per heavy atom. The molecule has 0 bridgehead atoms. The van der Waals surface area contributed by atoms with Crippen LogP contribution in [0.3, 0.4) is 0 Å². The number of nitrogens with zero attached hydrogens (tertiary/aromatic N) is 5. The number of piperidine rings is 1. The predicted molar refractivity (Wildman–Crippen MR) is 103 cm³/mol. The van der Waals surface area contributed by atoms with Crippen LogP contribution in [-0.2, 0) is 6.54 Å². The fourth-order valence-electron chi connectivity index (χ4n) is 2.90. The smallest absolute Gasteiger partial charge is 0.276 e. The Morgan fingerprint density at radius 1 is 1.36 bits per heavy atom. The van der Waals surface area contributed by atoms with Gasteiger partial charge in [-0.1, -0.05) is 5.21 Å². The van der Waals surface area contributed by atoms with Gasteiger partial charge in [0.2, 0.25) is 0 Å². The average Bonchev–Trinajstić information content (AvgIpc) is 3.13. The van der Waals surface area contributed by atoms with Crippen LogP contribution < -0.4 is 5.32 Å². The van der Waals surface area contributed by atoms with Gasteiger partial charge in [0, 0.05) is 18.1 Å². The van der Waals surface area contributed by atoms with Crippen LogP contribution in [0.2, 0.25) is 0 Å². The summed E-state index contributed by atoms with van der Waals surface area (Å²) in [6, 6.07) is 0.333. The van der Waals surface area contributed by atoms with Crippen molar-refractivity contribution in [3.05, 3.63) is 27.5 Å². The highest BCUT2D eigenvalue weighted by atomic mass is 35.5. The molecule has 25 heavy (non-hydrogen) atoms. The van der Waals surface area contributed by atoms with E-state index in [2.05, 4.69) is 20.6 Å². The maximum absolute atomic E-state index is 12.7. The standard InChI is InChI=1S/C15H22N6OS.2ClH/c1-10-14(18-19-21(10)12-4-6-16-7-5-12)15(22)20(3)9-13-8-17-11(2)23-13;;/h8,12,16H,4-7,9H2,1-3H3;2*1H. The molecule has 1 fully saturated rings. The minimum absolute atomic E-state index is 0. The van der Waals surface area contributed by atoms with Crippen LogP contribution in [0.5, 0.6) is 0 Å². The molecule has 1 saturated heterocycles. The van der Waals surface area contributed by atoms with E-state index in [1.165, 1.54) is 0 Å². The molecule has 1 N–H and O–H groups in total. The van der Waals surface area contributed by atoms with Crippen molar-refractivity contribution in [2.45, 2.75) is 39.3 Å². The van der Waals surface area contributed by atoms with Gasteiger partial charge in [0.05, 0.1) is 23.3 Å². The highest BCUT2D eigenvalue weighted by molar-refractivity contribution is 7.11. The second kappa shape index (κ2) is 9.47. The van der Waals surface area contributed by atoms with E-state index in [0.717, 1.165) is 41.5 Å². The summed E-state index contributed by atoms with van der Waals surface area (Å²) in [5.41, 5.74) is 1.31. The fourth-order valence-corrected chi connectivity index (χ4v) is 3.75. The van der Waals surface area contributed by atoms with Gasteiger partial charge in [0.25, 0.3) is 5.91 Å². The minimum Gasteiger partial charge on any atom is -0.335 e. The third-order valence-corrected chi connectivity index (χ3v) is 5.09. The topological polar surface area (TPSA) is 75.9 Å². The number of halogens is 2. The highest BCUT2D eigenvalue weighted by Crippen LogP contribution is 2.21. The molecule has 0 unspecified atom stereocenters. The van der Waals surface area contributed by atoms with Gasteiger partial charge < -0.3 is 10.2 Å². The van der Waals surface area contributed by atoms with E-state index in [-0.39, 0.29) is 30.7 Å². The Hall–Kier alpha value is -1.22. The molecule has 0 aliphatic carbocycles. The Labute approximate surface area is 164 Å². The van der Waals surface area contributed by atoms with Gasteiger partial charge in [0.1, 0.15) is 0 Å². The SMILES string of the molecule is Cc1ncc(CN(C)C(=O)c2nnn(C3CCNCC3)c2C)s1.Cl.Cl. The number of nitrogens with one attached hydrogen (secondary N) is 1. The molecule has 0 radical (unpaired) electrons. The molecular formula is C15H24Cl2N6OS. The number of aromatic nitrogens is 4. The molecule has 1 aliphatic rings. The van der Waals surface area contributed by atoms with Crippen molar-refractivity contribution >= 4 is 42.1 Å². The molecule has 1 aliphatic heterocycles. The second-order valence-corrected chi connectivity index (χ2v) is 7.28. The Morgan fingerprint density at radius 3 is 2.64 bits per heavy atom. The van der Waals surface area contributed by atoms with Gasteiger partial charge >= 0.3 is 0 Å². The zero-order chi connectivity index (χ0) is 16.4. The van der Waals surface area contributed by atoms with Crippen molar-refractivity contribution in [2.75, 3.05) is 20.1 Å². The third-order valence-electron chi connectivity index (χ3n) is 4.19. The monoisotopic (exact) mass is 406 g/mol. The zero-order valence-corrected chi connectivity index (χ0v) is 17.0. The molecule has 3 heterocycles. The number of hydrogen-bond acceptors (Lipinski definition) is 6. The minimum atomic E-state index is -0.0891. The van der Waals surface area contributed by atoms with Crippen molar-refractivity contribution in [3.8, 4) is 0 Å². The van der Waals surface area contributed by atoms with Crippen molar-refractivity contribution in [3.63, 3.8) is 0 Å². The first-order valence-electron chi connectivity index (χ1n) is 7.85. The van der Waals surface area contributed by atoms with E-state index >= 15 is 0 Å². The van der Waals surface area contributed by atoms with Crippen molar-refractivity contribution < 1.29 is 4.79 Å². The van der Waals surface area contributed by atoms with Gasteiger partial charge in [-0.3, -0.25) is 4.79 Å². The lowest BCUT2D eigenvalue weighted by molar-refractivity contribution is 0.0779. The number of rotatable bonds is 4. The Balaban J connectivity index is 0.00000156. The Kier molecular flexibility index (Phi) is 8.27. The third kappa shape index (κ3) is 4.91. The average molecular weight is 407 g/mol. The Bertz CT molecular complexity index is 698. The molecule has 2 aromatic rings. The summed E-state index contributed by atoms with van der Waals surface area (Å²) < 4.78 is 1.92. The van der Waals surface area contributed by atoms with Crippen LogP contribution in [-0.4, -0.2) is 50.9 Å². The molecule has 0 atom stereocenters. The largest absolute Gasteiger partial charge is 0.335 e. The van der Waals surface area contributed by atoms with Gasteiger partial charge in [0.15, 0.2) is 5.69 Å². The van der Waals surface area contributed by atoms with E-state index in [0.29, 0.717) is 18.3 Å². The molecule has 7 nitrogen and oxygen atoms in total. The van der Waals surface area contributed by atoms with Crippen LogP contribution in [0.15, 0.2) is 6.20 Å². The fraction of sp³-hybridized carbons (Fsp3) is 0.600. The quantitative estimate of drug-likeness (QED) is 0.843. The summed E-state index contributed by atoms with van der Waals surface area (Å²) in [5, 5.41) is 12.7. The van der Waals surface area contributed by atoms with Crippen molar-refractivity contribution in [2.24, 2.45) is 0 Å². The van der Waals surface area contributed by atoms with Gasteiger partial charge in [-0.25, -0.2) is 9.67 Å². The predicted octanol–water partition coefficient (Wildman–Crippen LogP) is 2.39. The highest BCUT2D eigenvalue weighted by Gasteiger charge is 2.24. The number of aryl methyl sites for hydroxylation is 1. The number of hydrogen-bond donors (Lipinski definition) is 1. The normalized spacial score (nSPS) is 14.5. The van der Waals surface area contributed by atoms with E-state index < -0.39 is 0 Å². The lowest BCUT2D eigenvalue weighted by Crippen LogP contribution is -2.30. The van der Waals surface area contributed by atoms with Gasteiger partial charge in [-0.05, 0) is 39.8 Å². The molecule has 2 aromatic heterocycles. The number of carbonyl (C=O) groups excluding carboxylic acids is 1. The van der Waals surface area contributed by atoms with Crippen LogP contribution in [0.4, 0.5) is 0 Å². The number of carbonyl (C=O) groups is 1. The van der Waals surface area contributed by atoms with Crippen LogP contribution in [0.25, 0.3) is 0 Å². The molecule has 0 saturated carbocycles. The summed E-state index contributed by atoms with van der Waals surface area (Å²) in [6.07, 6.45) is 3.87. The summed E-state index contributed by atoms with van der Waals surface area (Å²) in [7, 11) is 1.79. The summed E-state index contributed by atoms with van der Waals surface area (Å²) in [6.45, 7) is 6.41. The molecule has 1 amide bonds. The number of thiazole rings is 1. The van der Waals surface area contributed by atoms with E-state index in [1.807, 2.05) is 24.7 Å². The maximum atomic E-state index is 12.7. The first kappa shape index (κ1) is 21.8.